The van der Waals surface area contributed by atoms with Crippen LogP contribution >= 0.6 is 0 Å². The van der Waals surface area contributed by atoms with E-state index in [4.69, 9.17) is 4.52 Å². The second-order valence-electron chi connectivity index (χ2n) is 6.66. The highest BCUT2D eigenvalue weighted by atomic mass is 19.1. The summed E-state index contributed by atoms with van der Waals surface area (Å²) in [5.74, 6) is -1.81. The van der Waals surface area contributed by atoms with Gasteiger partial charge in [0.1, 0.15) is 23.7 Å². The third kappa shape index (κ3) is 4.07. The Morgan fingerprint density at radius 3 is 2.77 bits per heavy atom. The van der Waals surface area contributed by atoms with E-state index in [1.54, 1.807) is 12.3 Å². The molecular weight excluding hydrogens is 390 g/mol. The molecule has 4 rings (SSSR count). The topological polar surface area (TPSA) is 80.9 Å². The summed E-state index contributed by atoms with van der Waals surface area (Å²) in [5.41, 5.74) is 3.20. The van der Waals surface area contributed by atoms with Crippen molar-refractivity contribution in [2.24, 2.45) is 0 Å². The Bertz CT molecular complexity index is 1210. The number of benzene rings is 2. The maximum atomic E-state index is 13.9. The van der Waals surface area contributed by atoms with Crippen LogP contribution in [-0.2, 0) is 11.2 Å². The van der Waals surface area contributed by atoms with E-state index in [-0.39, 0.29) is 17.9 Å². The van der Waals surface area contributed by atoms with Gasteiger partial charge in [-0.2, -0.15) is 0 Å². The molecule has 0 fully saturated rings. The molecule has 2 aromatic carbocycles. The van der Waals surface area contributed by atoms with Crippen LogP contribution in [0.2, 0.25) is 0 Å². The van der Waals surface area contributed by atoms with Gasteiger partial charge in [0.05, 0.1) is 17.7 Å². The minimum atomic E-state index is -0.666. The minimum absolute atomic E-state index is 0.0606. The molecule has 30 heavy (non-hydrogen) atoms. The molecule has 1 amide bonds. The summed E-state index contributed by atoms with van der Waals surface area (Å²) in [5, 5.41) is 6.70. The fourth-order valence-corrected chi connectivity index (χ4v) is 3.06. The highest BCUT2D eigenvalue weighted by Crippen LogP contribution is 2.36. The van der Waals surface area contributed by atoms with E-state index >= 15 is 0 Å². The second-order valence-corrected chi connectivity index (χ2v) is 6.66. The number of hydrogen-bond donors (Lipinski definition) is 1. The van der Waals surface area contributed by atoms with E-state index in [9.17, 15) is 13.6 Å². The van der Waals surface area contributed by atoms with Crippen molar-refractivity contribution in [3.05, 3.63) is 83.8 Å². The van der Waals surface area contributed by atoms with Crippen LogP contribution in [0, 0.1) is 18.6 Å². The Hall–Kier alpha value is -3.94. The molecule has 0 aliphatic rings. The zero-order valence-corrected chi connectivity index (χ0v) is 15.9. The quantitative estimate of drug-likeness (QED) is 0.525. The summed E-state index contributed by atoms with van der Waals surface area (Å²) in [6.45, 7) is 1.95. The minimum Gasteiger partial charge on any atom is -0.337 e. The van der Waals surface area contributed by atoms with Crippen molar-refractivity contribution in [2.45, 2.75) is 13.3 Å². The molecule has 0 saturated carbocycles. The van der Waals surface area contributed by atoms with E-state index in [0.29, 0.717) is 17.0 Å². The van der Waals surface area contributed by atoms with Crippen LogP contribution in [0.3, 0.4) is 0 Å². The van der Waals surface area contributed by atoms with Gasteiger partial charge in [0.2, 0.25) is 11.8 Å². The summed E-state index contributed by atoms with van der Waals surface area (Å²) < 4.78 is 32.7. The van der Waals surface area contributed by atoms with Crippen LogP contribution in [0.5, 0.6) is 0 Å². The van der Waals surface area contributed by atoms with Crippen LogP contribution in [0.4, 0.5) is 14.7 Å². The standard InChI is InChI=1S/C22H16F2N4O2/c1-13-3-2-4-14(9-13)21-20(18-7-8-25-12-26-18)22(30-28-21)27-19(29)11-15-10-16(23)5-6-17(15)24/h2-10,12H,11H2,1H3,(H,27,29). The van der Waals surface area contributed by atoms with Crippen molar-refractivity contribution < 1.29 is 18.1 Å². The number of carbonyl (C=O) groups is 1. The van der Waals surface area contributed by atoms with Crippen molar-refractivity contribution in [1.82, 2.24) is 15.1 Å². The number of carbonyl (C=O) groups excluding carboxylic acids is 1. The maximum absolute atomic E-state index is 13.9. The smallest absolute Gasteiger partial charge is 0.241 e. The number of halogens is 2. The number of aryl methyl sites for hydroxylation is 1. The van der Waals surface area contributed by atoms with E-state index in [1.807, 2.05) is 31.2 Å². The van der Waals surface area contributed by atoms with Gasteiger partial charge < -0.3 is 4.52 Å². The van der Waals surface area contributed by atoms with Gasteiger partial charge in [-0.25, -0.2) is 18.7 Å². The molecule has 0 spiro atoms. The number of aromatic nitrogens is 3. The third-order valence-electron chi connectivity index (χ3n) is 4.43. The second kappa shape index (κ2) is 8.20. The average molecular weight is 406 g/mol. The van der Waals surface area contributed by atoms with E-state index in [1.165, 1.54) is 6.33 Å². The van der Waals surface area contributed by atoms with Crippen molar-refractivity contribution in [3.63, 3.8) is 0 Å². The van der Waals surface area contributed by atoms with Gasteiger partial charge >= 0.3 is 0 Å². The van der Waals surface area contributed by atoms with Gasteiger partial charge in [0.15, 0.2) is 0 Å². The fraction of sp³-hybridized carbons (Fsp3) is 0.0909. The molecule has 0 unspecified atom stereocenters. The summed E-state index contributed by atoms with van der Waals surface area (Å²) in [6, 6.07) is 12.2. The lowest BCUT2D eigenvalue weighted by atomic mass is 10.0. The lowest BCUT2D eigenvalue weighted by Gasteiger charge is -2.07. The van der Waals surface area contributed by atoms with E-state index in [2.05, 4.69) is 20.4 Å². The van der Waals surface area contributed by atoms with Gasteiger partial charge in [0, 0.05) is 17.3 Å². The molecule has 8 heteroatoms. The Morgan fingerprint density at radius 1 is 1.13 bits per heavy atom. The van der Waals surface area contributed by atoms with Crippen LogP contribution < -0.4 is 5.32 Å². The number of rotatable bonds is 5. The molecule has 150 valence electrons. The number of anilines is 1. The normalized spacial score (nSPS) is 10.8. The SMILES string of the molecule is Cc1cccc(-c2noc(NC(=O)Cc3cc(F)ccc3F)c2-c2ccncn2)c1. The summed E-state index contributed by atoms with van der Waals surface area (Å²) in [6.07, 6.45) is 2.56. The molecule has 2 heterocycles. The number of hydrogen-bond acceptors (Lipinski definition) is 5. The fourth-order valence-electron chi connectivity index (χ4n) is 3.06. The van der Waals surface area contributed by atoms with Crippen molar-refractivity contribution >= 4 is 11.8 Å². The lowest BCUT2D eigenvalue weighted by Crippen LogP contribution is -2.15. The first kappa shape index (κ1) is 19.4. The Balaban J connectivity index is 1.70. The number of nitrogens with one attached hydrogen (secondary N) is 1. The molecule has 1 N–H and O–H groups in total. The molecule has 0 saturated heterocycles. The van der Waals surface area contributed by atoms with Gasteiger partial charge in [-0.3, -0.25) is 10.1 Å². The van der Waals surface area contributed by atoms with E-state index < -0.39 is 17.5 Å². The van der Waals surface area contributed by atoms with Crippen LogP contribution in [0.1, 0.15) is 11.1 Å². The van der Waals surface area contributed by atoms with Gasteiger partial charge in [-0.15, -0.1) is 0 Å². The summed E-state index contributed by atoms with van der Waals surface area (Å²) in [4.78, 5) is 20.7. The van der Waals surface area contributed by atoms with E-state index in [0.717, 1.165) is 29.3 Å². The van der Waals surface area contributed by atoms with Crippen LogP contribution in [0.25, 0.3) is 22.5 Å². The molecular formula is C22H16F2N4O2. The first-order valence-corrected chi connectivity index (χ1v) is 9.08. The van der Waals surface area contributed by atoms with Crippen LogP contribution in [-0.4, -0.2) is 21.0 Å². The first-order valence-electron chi connectivity index (χ1n) is 9.08. The van der Waals surface area contributed by atoms with Crippen molar-refractivity contribution in [2.75, 3.05) is 5.32 Å². The maximum Gasteiger partial charge on any atom is 0.241 e. The Labute approximate surface area is 170 Å². The van der Waals surface area contributed by atoms with Crippen molar-refractivity contribution in [1.29, 1.82) is 0 Å². The average Bonchev–Trinajstić information content (AvgIpc) is 3.15. The predicted molar refractivity (Wildman–Crippen MR) is 106 cm³/mol. The monoisotopic (exact) mass is 406 g/mol. The molecule has 0 atom stereocenters. The molecule has 0 aliphatic carbocycles. The number of amides is 1. The summed E-state index contributed by atoms with van der Waals surface area (Å²) in [7, 11) is 0. The van der Waals surface area contributed by atoms with Crippen LogP contribution in [0.15, 0.2) is 65.6 Å². The van der Waals surface area contributed by atoms with Gasteiger partial charge in [0.25, 0.3) is 0 Å². The van der Waals surface area contributed by atoms with Gasteiger partial charge in [-0.05, 0) is 37.3 Å². The molecule has 6 nitrogen and oxygen atoms in total. The first-order chi connectivity index (χ1) is 14.5. The highest BCUT2D eigenvalue weighted by Gasteiger charge is 2.22. The predicted octanol–water partition coefficient (Wildman–Crippen LogP) is 4.57. The highest BCUT2D eigenvalue weighted by molar-refractivity contribution is 5.97. The third-order valence-corrected chi connectivity index (χ3v) is 4.43. The van der Waals surface area contributed by atoms with Crippen molar-refractivity contribution in [3.8, 4) is 22.5 Å². The Kier molecular flexibility index (Phi) is 5.30. The zero-order valence-electron chi connectivity index (χ0n) is 15.9. The molecule has 2 aromatic heterocycles. The summed E-state index contributed by atoms with van der Waals surface area (Å²) >= 11 is 0. The molecule has 0 bridgehead atoms. The molecule has 4 aromatic rings. The number of nitrogens with zero attached hydrogens (tertiary/aromatic N) is 3. The Morgan fingerprint density at radius 2 is 2.00 bits per heavy atom. The molecule has 0 aliphatic heterocycles. The van der Waals surface area contributed by atoms with Gasteiger partial charge in [-0.1, -0.05) is 28.9 Å². The largest absolute Gasteiger partial charge is 0.337 e. The zero-order chi connectivity index (χ0) is 21.1. The molecule has 0 radical (unpaired) electrons. The lowest BCUT2D eigenvalue weighted by molar-refractivity contribution is -0.115.